The van der Waals surface area contributed by atoms with Crippen LogP contribution >= 0.6 is 23.7 Å². The van der Waals surface area contributed by atoms with Gasteiger partial charge in [-0.3, -0.25) is 4.79 Å². The van der Waals surface area contributed by atoms with Gasteiger partial charge in [0, 0.05) is 12.1 Å². The van der Waals surface area contributed by atoms with Gasteiger partial charge in [0.1, 0.15) is 0 Å². The van der Waals surface area contributed by atoms with Crippen molar-refractivity contribution in [1.29, 1.82) is 0 Å². The number of piperidine rings is 1. The van der Waals surface area contributed by atoms with E-state index in [-0.39, 0.29) is 18.3 Å². The van der Waals surface area contributed by atoms with Gasteiger partial charge in [0.2, 0.25) is 0 Å². The van der Waals surface area contributed by atoms with E-state index in [9.17, 15) is 4.79 Å². The van der Waals surface area contributed by atoms with E-state index in [0.717, 1.165) is 42.1 Å². The van der Waals surface area contributed by atoms with Crippen LogP contribution in [0.4, 0.5) is 0 Å². The summed E-state index contributed by atoms with van der Waals surface area (Å²) in [6.45, 7) is 5.06. The second kappa shape index (κ2) is 9.21. The van der Waals surface area contributed by atoms with Crippen molar-refractivity contribution in [3.8, 4) is 11.1 Å². The lowest BCUT2D eigenvalue weighted by Crippen LogP contribution is -2.33. The van der Waals surface area contributed by atoms with Crippen molar-refractivity contribution in [2.75, 3.05) is 19.6 Å². The van der Waals surface area contributed by atoms with E-state index in [1.165, 1.54) is 29.7 Å². The number of thiophene rings is 1. The Kier molecular flexibility index (Phi) is 7.28. The molecule has 3 nitrogen and oxygen atoms in total. The van der Waals surface area contributed by atoms with Gasteiger partial charge in [-0.05, 0) is 62.2 Å². The molecule has 1 aromatic heterocycles. The molecular weight excluding hydrogens is 340 g/mol. The van der Waals surface area contributed by atoms with E-state index in [1.54, 1.807) is 0 Å². The zero-order valence-electron chi connectivity index (χ0n) is 14.0. The number of amides is 1. The summed E-state index contributed by atoms with van der Waals surface area (Å²) in [5, 5.41) is 8.52. The Morgan fingerprint density at radius 3 is 2.79 bits per heavy atom. The van der Waals surface area contributed by atoms with Crippen LogP contribution in [0.15, 0.2) is 35.7 Å². The molecule has 1 fully saturated rings. The Labute approximate surface area is 154 Å². The van der Waals surface area contributed by atoms with Gasteiger partial charge in [0.25, 0.3) is 5.91 Å². The average Bonchev–Trinajstić information content (AvgIpc) is 3.06. The highest BCUT2D eigenvalue weighted by Gasteiger charge is 2.16. The van der Waals surface area contributed by atoms with Crippen LogP contribution in [0.3, 0.4) is 0 Å². The first-order valence-electron chi connectivity index (χ1n) is 8.37. The summed E-state index contributed by atoms with van der Waals surface area (Å²) >= 11 is 1.52. The van der Waals surface area contributed by atoms with Gasteiger partial charge in [-0.25, -0.2) is 0 Å². The van der Waals surface area contributed by atoms with Crippen LogP contribution in [0, 0.1) is 12.8 Å². The molecular formula is C19H25ClN2OS. The number of aryl methyl sites for hydroxylation is 1. The molecule has 0 aliphatic carbocycles. The molecule has 24 heavy (non-hydrogen) atoms. The lowest BCUT2D eigenvalue weighted by atomic mass is 9.96. The molecule has 1 aromatic carbocycles. The first-order valence-corrected chi connectivity index (χ1v) is 9.25. The fourth-order valence-electron chi connectivity index (χ4n) is 3.09. The molecule has 0 saturated carbocycles. The van der Waals surface area contributed by atoms with Crippen LogP contribution in [-0.4, -0.2) is 25.5 Å². The minimum atomic E-state index is 0. The monoisotopic (exact) mass is 364 g/mol. The van der Waals surface area contributed by atoms with Crippen LogP contribution < -0.4 is 10.6 Å². The van der Waals surface area contributed by atoms with Crippen molar-refractivity contribution in [2.45, 2.75) is 26.2 Å². The SMILES string of the molecule is Cc1ccc(-c2ccsc2C(=O)NCCC2CCCNC2)cc1.Cl. The van der Waals surface area contributed by atoms with Crippen molar-refractivity contribution in [3.63, 3.8) is 0 Å². The third-order valence-corrected chi connectivity index (χ3v) is 5.38. The highest BCUT2D eigenvalue weighted by Crippen LogP contribution is 2.28. The van der Waals surface area contributed by atoms with Crippen molar-refractivity contribution >= 4 is 29.7 Å². The van der Waals surface area contributed by atoms with Gasteiger partial charge in [-0.1, -0.05) is 29.8 Å². The molecule has 1 aliphatic rings. The second-order valence-corrected chi connectivity index (χ2v) is 7.20. The van der Waals surface area contributed by atoms with E-state index < -0.39 is 0 Å². The molecule has 2 heterocycles. The van der Waals surface area contributed by atoms with Crippen molar-refractivity contribution in [2.24, 2.45) is 5.92 Å². The Morgan fingerprint density at radius 2 is 2.08 bits per heavy atom. The molecule has 1 amide bonds. The third kappa shape index (κ3) is 4.82. The normalized spacial score (nSPS) is 17.1. The number of rotatable bonds is 5. The predicted octanol–water partition coefficient (Wildman–Crippen LogP) is 4.26. The number of hydrogen-bond acceptors (Lipinski definition) is 3. The molecule has 0 spiro atoms. The Morgan fingerprint density at radius 1 is 1.29 bits per heavy atom. The molecule has 2 N–H and O–H groups in total. The molecule has 1 saturated heterocycles. The fourth-order valence-corrected chi connectivity index (χ4v) is 3.92. The largest absolute Gasteiger partial charge is 0.351 e. The number of hydrogen-bond donors (Lipinski definition) is 2. The number of carbonyl (C=O) groups is 1. The third-order valence-electron chi connectivity index (χ3n) is 4.47. The van der Waals surface area contributed by atoms with Gasteiger partial charge in [-0.15, -0.1) is 23.7 Å². The maximum atomic E-state index is 12.5. The average molecular weight is 365 g/mol. The highest BCUT2D eigenvalue weighted by atomic mass is 35.5. The molecule has 5 heteroatoms. The second-order valence-electron chi connectivity index (χ2n) is 6.29. The summed E-state index contributed by atoms with van der Waals surface area (Å²) < 4.78 is 0. The number of carbonyl (C=O) groups excluding carboxylic acids is 1. The Bertz CT molecular complexity index is 648. The van der Waals surface area contributed by atoms with Crippen LogP contribution in [0.5, 0.6) is 0 Å². The van der Waals surface area contributed by atoms with E-state index in [0.29, 0.717) is 5.92 Å². The van der Waals surface area contributed by atoms with E-state index in [4.69, 9.17) is 0 Å². The molecule has 1 aliphatic heterocycles. The maximum Gasteiger partial charge on any atom is 0.261 e. The lowest BCUT2D eigenvalue weighted by molar-refractivity contribution is 0.0955. The molecule has 0 radical (unpaired) electrons. The smallest absolute Gasteiger partial charge is 0.261 e. The first-order chi connectivity index (χ1) is 11.2. The standard InChI is InChI=1S/C19H24N2OS.ClH/c1-14-4-6-16(7-5-14)17-9-12-23-18(17)19(22)21-11-8-15-3-2-10-20-13-15;/h4-7,9,12,15,20H,2-3,8,10-11,13H2,1H3,(H,21,22);1H. The zero-order valence-corrected chi connectivity index (χ0v) is 15.6. The summed E-state index contributed by atoms with van der Waals surface area (Å²) in [5.41, 5.74) is 3.38. The lowest BCUT2D eigenvalue weighted by Gasteiger charge is -2.22. The Balaban J connectivity index is 0.00000208. The van der Waals surface area contributed by atoms with Crippen LogP contribution in [0.2, 0.25) is 0 Å². The van der Waals surface area contributed by atoms with E-state index in [2.05, 4.69) is 41.8 Å². The van der Waals surface area contributed by atoms with Gasteiger partial charge < -0.3 is 10.6 Å². The number of benzene rings is 1. The van der Waals surface area contributed by atoms with Gasteiger partial charge in [-0.2, -0.15) is 0 Å². The van der Waals surface area contributed by atoms with Crippen molar-refractivity contribution in [3.05, 3.63) is 46.2 Å². The minimum absolute atomic E-state index is 0. The van der Waals surface area contributed by atoms with Crippen LogP contribution in [-0.2, 0) is 0 Å². The van der Waals surface area contributed by atoms with Crippen LogP contribution in [0.1, 0.15) is 34.5 Å². The van der Waals surface area contributed by atoms with E-state index >= 15 is 0 Å². The summed E-state index contributed by atoms with van der Waals surface area (Å²) in [6, 6.07) is 10.4. The molecule has 0 bridgehead atoms. The summed E-state index contributed by atoms with van der Waals surface area (Å²) in [4.78, 5) is 13.3. The highest BCUT2D eigenvalue weighted by molar-refractivity contribution is 7.12. The first kappa shape index (κ1) is 19.0. The summed E-state index contributed by atoms with van der Waals surface area (Å²) in [6.07, 6.45) is 3.58. The molecule has 3 rings (SSSR count). The zero-order chi connectivity index (χ0) is 16.1. The van der Waals surface area contributed by atoms with Gasteiger partial charge in [0.05, 0.1) is 4.88 Å². The topological polar surface area (TPSA) is 41.1 Å². The van der Waals surface area contributed by atoms with Crippen molar-refractivity contribution in [1.82, 2.24) is 10.6 Å². The molecule has 1 unspecified atom stereocenters. The quantitative estimate of drug-likeness (QED) is 0.832. The van der Waals surface area contributed by atoms with Gasteiger partial charge in [0.15, 0.2) is 0 Å². The molecule has 2 aromatic rings. The van der Waals surface area contributed by atoms with Crippen molar-refractivity contribution < 1.29 is 4.79 Å². The molecule has 130 valence electrons. The number of nitrogens with one attached hydrogen (secondary N) is 2. The summed E-state index contributed by atoms with van der Waals surface area (Å²) in [7, 11) is 0. The molecule has 1 atom stereocenters. The Hall–Kier alpha value is -1.36. The van der Waals surface area contributed by atoms with Gasteiger partial charge >= 0.3 is 0 Å². The van der Waals surface area contributed by atoms with Crippen LogP contribution in [0.25, 0.3) is 11.1 Å². The van der Waals surface area contributed by atoms with E-state index in [1.807, 2.05) is 11.4 Å². The minimum Gasteiger partial charge on any atom is -0.351 e. The summed E-state index contributed by atoms with van der Waals surface area (Å²) in [5.74, 6) is 0.753. The fraction of sp³-hybridized carbons (Fsp3) is 0.421. The number of halogens is 1. The predicted molar refractivity (Wildman–Crippen MR) is 104 cm³/mol. The maximum absolute atomic E-state index is 12.5.